The lowest BCUT2D eigenvalue weighted by atomic mass is 9.95. The average Bonchev–Trinajstić information content (AvgIpc) is 2.52. The molecule has 0 bridgehead atoms. The second kappa shape index (κ2) is 5.53. The summed E-state index contributed by atoms with van der Waals surface area (Å²) in [5.41, 5.74) is 2.05. The van der Waals surface area contributed by atoms with E-state index in [0.717, 1.165) is 5.56 Å². The van der Waals surface area contributed by atoms with Gasteiger partial charge in [0.15, 0.2) is 0 Å². The van der Waals surface area contributed by atoms with E-state index < -0.39 is 17.6 Å². The number of halogens is 2. The molecule has 3 aromatic rings. The van der Waals surface area contributed by atoms with Crippen LogP contribution in [0.4, 0.5) is 8.78 Å². The predicted molar refractivity (Wildman–Crippen MR) is 80.3 cm³/mol. The Hall–Kier alpha value is -2.80. The molecule has 4 heteroatoms. The van der Waals surface area contributed by atoms with Crippen LogP contribution in [-0.4, -0.2) is 4.98 Å². The molecule has 0 N–H and O–H groups in total. The first-order chi connectivity index (χ1) is 10.6. The molecule has 22 heavy (non-hydrogen) atoms. The summed E-state index contributed by atoms with van der Waals surface area (Å²) in [5.74, 6) is -1.58. The smallest absolute Gasteiger partial charge is 0.149 e. The van der Waals surface area contributed by atoms with Gasteiger partial charge in [-0.15, -0.1) is 0 Å². The molecule has 0 aliphatic heterocycles. The van der Waals surface area contributed by atoms with E-state index in [1.165, 1.54) is 18.2 Å². The Morgan fingerprint density at radius 3 is 2.64 bits per heavy atom. The maximum absolute atomic E-state index is 14.0. The van der Waals surface area contributed by atoms with Gasteiger partial charge in [0.2, 0.25) is 0 Å². The van der Waals surface area contributed by atoms with Gasteiger partial charge in [-0.05, 0) is 42.3 Å². The Balaban J connectivity index is 2.16. The molecule has 3 rings (SSSR count). The molecule has 2 aromatic carbocycles. The third-order valence-corrected chi connectivity index (χ3v) is 3.65. The summed E-state index contributed by atoms with van der Waals surface area (Å²) in [6, 6.07) is 14.4. The van der Waals surface area contributed by atoms with Gasteiger partial charge in [-0.2, -0.15) is 5.26 Å². The fraction of sp³-hybridized carbons (Fsp3) is 0.111. The highest BCUT2D eigenvalue weighted by molar-refractivity contribution is 5.82. The van der Waals surface area contributed by atoms with Gasteiger partial charge in [0.1, 0.15) is 23.1 Å². The number of aromatic nitrogens is 1. The maximum Gasteiger partial charge on any atom is 0.149 e. The molecule has 1 unspecified atom stereocenters. The fourth-order valence-corrected chi connectivity index (χ4v) is 2.50. The monoisotopic (exact) mass is 294 g/mol. The van der Waals surface area contributed by atoms with E-state index in [-0.39, 0.29) is 5.52 Å². The molecule has 0 saturated heterocycles. The number of benzene rings is 2. The first-order valence-electron chi connectivity index (χ1n) is 6.81. The molecule has 0 aliphatic rings. The molecule has 1 aromatic heterocycles. The molecule has 1 atom stereocenters. The Labute approximate surface area is 126 Å². The van der Waals surface area contributed by atoms with Crippen LogP contribution in [-0.2, 0) is 0 Å². The van der Waals surface area contributed by atoms with E-state index in [1.807, 2.05) is 6.92 Å². The molecule has 0 amide bonds. The number of aryl methyl sites for hydroxylation is 1. The highest BCUT2D eigenvalue weighted by Gasteiger charge is 2.17. The number of rotatable bonds is 2. The van der Waals surface area contributed by atoms with Crippen molar-refractivity contribution >= 4 is 10.9 Å². The van der Waals surface area contributed by atoms with Crippen LogP contribution in [0.15, 0.2) is 48.5 Å². The molecule has 0 radical (unpaired) electrons. The zero-order chi connectivity index (χ0) is 15.7. The fourth-order valence-electron chi connectivity index (χ4n) is 2.50. The topological polar surface area (TPSA) is 36.7 Å². The normalized spacial score (nSPS) is 12.1. The molecular formula is C18H12F2N2. The largest absolute Gasteiger partial charge is 0.248 e. The summed E-state index contributed by atoms with van der Waals surface area (Å²) in [6.07, 6.45) is 0. The Bertz CT molecular complexity index is 897. The lowest BCUT2D eigenvalue weighted by Crippen LogP contribution is -2.02. The second-order valence-corrected chi connectivity index (χ2v) is 5.11. The van der Waals surface area contributed by atoms with E-state index in [1.54, 1.807) is 30.3 Å². The van der Waals surface area contributed by atoms with Gasteiger partial charge >= 0.3 is 0 Å². The molecule has 1 heterocycles. The second-order valence-electron chi connectivity index (χ2n) is 5.11. The third kappa shape index (κ3) is 2.42. The van der Waals surface area contributed by atoms with Crippen molar-refractivity contribution in [2.45, 2.75) is 12.8 Å². The van der Waals surface area contributed by atoms with Crippen LogP contribution in [0, 0.1) is 29.9 Å². The van der Waals surface area contributed by atoms with Crippen molar-refractivity contribution < 1.29 is 8.78 Å². The van der Waals surface area contributed by atoms with Crippen LogP contribution >= 0.6 is 0 Å². The number of nitrogens with zero attached hydrogens (tertiary/aromatic N) is 2. The zero-order valence-corrected chi connectivity index (χ0v) is 11.8. The summed E-state index contributed by atoms with van der Waals surface area (Å²) < 4.78 is 27.3. The van der Waals surface area contributed by atoms with Crippen LogP contribution in [0.2, 0.25) is 0 Å². The van der Waals surface area contributed by atoms with Crippen molar-refractivity contribution in [1.82, 2.24) is 4.98 Å². The first kappa shape index (κ1) is 14.2. The summed E-state index contributed by atoms with van der Waals surface area (Å²) >= 11 is 0. The highest BCUT2D eigenvalue weighted by atomic mass is 19.1. The minimum absolute atomic E-state index is 0.231. The van der Waals surface area contributed by atoms with Crippen molar-refractivity contribution in [3.8, 4) is 6.07 Å². The summed E-state index contributed by atoms with van der Waals surface area (Å²) in [5, 5.41) is 10.1. The van der Waals surface area contributed by atoms with Crippen molar-refractivity contribution in [2.24, 2.45) is 0 Å². The maximum atomic E-state index is 14.0. The van der Waals surface area contributed by atoms with Crippen LogP contribution in [0.3, 0.4) is 0 Å². The standard InChI is InChI=1S/C18H12F2N2/c1-11-5-7-16(20)18-14(11)6-8-17(22-18)15(10-21)12-3-2-4-13(19)9-12/h2-9,15H,1H3. The minimum atomic E-state index is -0.736. The average molecular weight is 294 g/mol. The quantitative estimate of drug-likeness (QED) is 0.699. The predicted octanol–water partition coefficient (Wildman–Crippen LogP) is 4.48. The van der Waals surface area contributed by atoms with Crippen LogP contribution < -0.4 is 0 Å². The van der Waals surface area contributed by atoms with Gasteiger partial charge in [-0.25, -0.2) is 13.8 Å². The van der Waals surface area contributed by atoms with Crippen LogP contribution in [0.5, 0.6) is 0 Å². The van der Waals surface area contributed by atoms with Gasteiger partial charge in [0.05, 0.1) is 11.8 Å². The summed E-state index contributed by atoms with van der Waals surface area (Å²) in [4.78, 5) is 4.29. The Morgan fingerprint density at radius 1 is 1.09 bits per heavy atom. The molecular weight excluding hydrogens is 282 g/mol. The number of fused-ring (bicyclic) bond motifs is 1. The Kier molecular flexibility index (Phi) is 3.56. The summed E-state index contributed by atoms with van der Waals surface area (Å²) in [6.45, 7) is 1.87. The lowest BCUT2D eigenvalue weighted by Gasteiger charge is -2.11. The van der Waals surface area contributed by atoms with Crippen LogP contribution in [0.25, 0.3) is 10.9 Å². The van der Waals surface area contributed by atoms with E-state index in [4.69, 9.17) is 0 Å². The Morgan fingerprint density at radius 2 is 1.91 bits per heavy atom. The highest BCUT2D eigenvalue weighted by Crippen LogP contribution is 2.27. The lowest BCUT2D eigenvalue weighted by molar-refractivity contribution is 0.625. The van der Waals surface area contributed by atoms with Crippen molar-refractivity contribution in [2.75, 3.05) is 0 Å². The van der Waals surface area contributed by atoms with Gasteiger partial charge < -0.3 is 0 Å². The number of hydrogen-bond acceptors (Lipinski definition) is 2. The molecule has 0 aliphatic carbocycles. The molecule has 108 valence electrons. The SMILES string of the molecule is Cc1ccc(F)c2nc(C(C#N)c3cccc(F)c3)ccc12. The molecule has 0 fully saturated rings. The van der Waals surface area contributed by atoms with Gasteiger partial charge in [-0.3, -0.25) is 0 Å². The van der Waals surface area contributed by atoms with Crippen molar-refractivity contribution in [3.05, 3.63) is 77.0 Å². The molecule has 0 spiro atoms. The zero-order valence-electron chi connectivity index (χ0n) is 11.8. The van der Waals surface area contributed by atoms with Gasteiger partial charge in [0, 0.05) is 5.39 Å². The first-order valence-corrected chi connectivity index (χ1v) is 6.81. The van der Waals surface area contributed by atoms with Crippen molar-refractivity contribution in [3.63, 3.8) is 0 Å². The van der Waals surface area contributed by atoms with Crippen molar-refractivity contribution in [1.29, 1.82) is 5.26 Å². The number of hydrogen-bond donors (Lipinski definition) is 0. The summed E-state index contributed by atoms with van der Waals surface area (Å²) in [7, 11) is 0. The van der Waals surface area contributed by atoms with E-state index in [2.05, 4.69) is 11.1 Å². The van der Waals surface area contributed by atoms with Gasteiger partial charge in [-0.1, -0.05) is 24.3 Å². The molecule has 2 nitrogen and oxygen atoms in total. The van der Waals surface area contributed by atoms with E-state index >= 15 is 0 Å². The molecule has 0 saturated carbocycles. The number of nitriles is 1. The van der Waals surface area contributed by atoms with E-state index in [0.29, 0.717) is 16.6 Å². The van der Waals surface area contributed by atoms with E-state index in [9.17, 15) is 14.0 Å². The number of pyridine rings is 1. The third-order valence-electron chi connectivity index (χ3n) is 3.65. The van der Waals surface area contributed by atoms with Gasteiger partial charge in [0.25, 0.3) is 0 Å². The van der Waals surface area contributed by atoms with Crippen LogP contribution in [0.1, 0.15) is 22.7 Å². The minimum Gasteiger partial charge on any atom is -0.248 e.